The lowest BCUT2D eigenvalue weighted by atomic mass is 10.2. The maximum absolute atomic E-state index is 13.0. The number of benzene rings is 2. The van der Waals surface area contributed by atoms with Gasteiger partial charge in [-0.1, -0.05) is 11.6 Å². The van der Waals surface area contributed by atoms with Crippen LogP contribution in [0.1, 0.15) is 11.1 Å². The van der Waals surface area contributed by atoms with Crippen molar-refractivity contribution in [2.75, 3.05) is 32.0 Å². The van der Waals surface area contributed by atoms with Crippen molar-refractivity contribution in [3.8, 4) is 11.8 Å². The molecule has 0 bridgehead atoms. The Morgan fingerprint density at radius 2 is 2.00 bits per heavy atom. The maximum atomic E-state index is 13.0. The van der Waals surface area contributed by atoms with Gasteiger partial charge in [0.1, 0.15) is 22.6 Å². The topological polar surface area (TPSA) is 82.4 Å². The van der Waals surface area contributed by atoms with Gasteiger partial charge < -0.3 is 9.64 Å². The van der Waals surface area contributed by atoms with Gasteiger partial charge in [0.15, 0.2) is 0 Å². The van der Waals surface area contributed by atoms with Gasteiger partial charge in [0.2, 0.25) is 0 Å². The number of sulfonamides is 1. The molecule has 0 aliphatic rings. The first kappa shape index (κ1) is 21.4. The molecule has 0 radical (unpaired) electrons. The summed E-state index contributed by atoms with van der Waals surface area (Å²) in [4.78, 5) is 1.95. The summed E-state index contributed by atoms with van der Waals surface area (Å²) < 4.78 is 35.3. The molecule has 1 aromatic heterocycles. The van der Waals surface area contributed by atoms with Crippen LogP contribution in [0.4, 0.5) is 5.69 Å². The van der Waals surface area contributed by atoms with Crippen LogP contribution < -0.4 is 9.46 Å². The quantitative estimate of drug-likeness (QED) is 0.575. The molecule has 0 spiro atoms. The highest BCUT2D eigenvalue weighted by Gasteiger charge is 2.22. The Kier molecular flexibility index (Phi) is 6.34. The standard InChI is InChI=1S/C20H20ClN3O3S2/c1-13-17-10-15(21)5-7-19(17)28-20(13)29(25,26)23-16-6-4-14(12-22)18(11-16)27-9-8-24(2)3/h4-7,10-11,23H,8-9H2,1-3H3. The molecule has 0 aliphatic heterocycles. The average Bonchev–Trinajstić information content (AvgIpc) is 2.98. The van der Waals surface area contributed by atoms with Gasteiger partial charge in [-0.15, -0.1) is 11.3 Å². The van der Waals surface area contributed by atoms with E-state index in [1.165, 1.54) is 17.4 Å². The van der Waals surface area contributed by atoms with Crippen molar-refractivity contribution in [3.05, 3.63) is 52.5 Å². The number of fused-ring (bicyclic) bond motifs is 1. The summed E-state index contributed by atoms with van der Waals surface area (Å²) in [6.07, 6.45) is 0. The minimum atomic E-state index is -3.81. The van der Waals surface area contributed by atoms with Crippen LogP contribution in [0.2, 0.25) is 5.02 Å². The molecule has 9 heteroatoms. The van der Waals surface area contributed by atoms with Crippen molar-refractivity contribution >= 4 is 48.7 Å². The van der Waals surface area contributed by atoms with Gasteiger partial charge in [-0.3, -0.25) is 4.72 Å². The van der Waals surface area contributed by atoms with E-state index in [4.69, 9.17) is 16.3 Å². The molecule has 0 amide bonds. The van der Waals surface area contributed by atoms with Crippen molar-refractivity contribution in [1.29, 1.82) is 5.26 Å². The zero-order valence-corrected chi connectivity index (χ0v) is 18.6. The lowest BCUT2D eigenvalue weighted by Crippen LogP contribution is -2.19. The van der Waals surface area contributed by atoms with Gasteiger partial charge in [0.05, 0.1) is 11.3 Å². The molecule has 6 nitrogen and oxygen atoms in total. The molecule has 3 rings (SSSR count). The first-order valence-electron chi connectivity index (χ1n) is 8.74. The van der Waals surface area contributed by atoms with E-state index in [0.717, 1.165) is 10.1 Å². The number of aryl methyl sites for hydroxylation is 1. The molecule has 0 unspecified atom stereocenters. The number of ether oxygens (including phenoxy) is 1. The Labute approximate surface area is 179 Å². The summed E-state index contributed by atoms with van der Waals surface area (Å²) in [5.41, 5.74) is 1.33. The minimum absolute atomic E-state index is 0.231. The zero-order valence-electron chi connectivity index (χ0n) is 16.2. The van der Waals surface area contributed by atoms with Crippen LogP contribution in [0.15, 0.2) is 40.6 Å². The average molecular weight is 450 g/mol. The van der Waals surface area contributed by atoms with Crippen LogP contribution in [-0.4, -0.2) is 40.6 Å². The van der Waals surface area contributed by atoms with Crippen molar-refractivity contribution in [2.45, 2.75) is 11.1 Å². The lowest BCUT2D eigenvalue weighted by molar-refractivity contribution is 0.261. The van der Waals surface area contributed by atoms with Gasteiger partial charge in [-0.25, -0.2) is 8.42 Å². The summed E-state index contributed by atoms with van der Waals surface area (Å²) in [7, 11) is 0.0224. The van der Waals surface area contributed by atoms with Crippen molar-refractivity contribution in [2.24, 2.45) is 0 Å². The molecule has 0 saturated heterocycles. The summed E-state index contributed by atoms with van der Waals surface area (Å²) in [6.45, 7) is 2.82. The number of nitrogens with one attached hydrogen (secondary N) is 1. The molecule has 0 atom stereocenters. The molecule has 152 valence electrons. The van der Waals surface area contributed by atoms with E-state index < -0.39 is 10.0 Å². The highest BCUT2D eigenvalue weighted by molar-refractivity contribution is 7.94. The van der Waals surface area contributed by atoms with Crippen LogP contribution in [0.5, 0.6) is 5.75 Å². The van der Waals surface area contributed by atoms with Crippen LogP contribution in [-0.2, 0) is 10.0 Å². The molecule has 3 aromatic rings. The molecule has 0 aliphatic carbocycles. The Bertz CT molecular complexity index is 1200. The fourth-order valence-corrected chi connectivity index (χ4v) is 5.73. The number of halogens is 1. The predicted octanol–water partition coefficient (Wildman–Crippen LogP) is 4.48. The molecule has 1 N–H and O–H groups in total. The second-order valence-electron chi connectivity index (χ2n) is 6.73. The van der Waals surface area contributed by atoms with E-state index in [9.17, 15) is 13.7 Å². The number of rotatable bonds is 7. The lowest BCUT2D eigenvalue weighted by Gasteiger charge is -2.13. The number of nitriles is 1. The number of likely N-dealkylation sites (N-methyl/N-ethyl adjacent to an activating group) is 1. The normalized spacial score (nSPS) is 11.6. The highest BCUT2D eigenvalue weighted by atomic mass is 35.5. The van der Waals surface area contributed by atoms with E-state index in [1.54, 1.807) is 31.2 Å². The van der Waals surface area contributed by atoms with Gasteiger partial charge in [0, 0.05) is 22.3 Å². The van der Waals surface area contributed by atoms with E-state index in [0.29, 0.717) is 40.7 Å². The third-order valence-corrected chi connectivity index (χ3v) is 7.76. The summed E-state index contributed by atoms with van der Waals surface area (Å²) in [6, 6.07) is 12.0. The van der Waals surface area contributed by atoms with Crippen molar-refractivity contribution in [3.63, 3.8) is 0 Å². The molecule has 0 saturated carbocycles. The number of thiophene rings is 1. The van der Waals surface area contributed by atoms with E-state index in [1.807, 2.05) is 25.1 Å². The second kappa shape index (κ2) is 8.59. The Balaban J connectivity index is 1.90. The number of hydrogen-bond donors (Lipinski definition) is 1. The van der Waals surface area contributed by atoms with Crippen LogP contribution in [0.25, 0.3) is 10.1 Å². The largest absolute Gasteiger partial charge is 0.491 e. The number of nitrogens with zero attached hydrogens (tertiary/aromatic N) is 2. The minimum Gasteiger partial charge on any atom is -0.491 e. The predicted molar refractivity (Wildman–Crippen MR) is 118 cm³/mol. The molecule has 1 heterocycles. The van der Waals surface area contributed by atoms with Gasteiger partial charge in [-0.2, -0.15) is 5.26 Å². The Morgan fingerprint density at radius 3 is 2.69 bits per heavy atom. The van der Waals surface area contributed by atoms with E-state index in [2.05, 4.69) is 10.8 Å². The Hall–Kier alpha value is -2.31. The highest BCUT2D eigenvalue weighted by Crippen LogP contribution is 2.36. The van der Waals surface area contributed by atoms with Crippen LogP contribution in [0, 0.1) is 18.3 Å². The van der Waals surface area contributed by atoms with Crippen LogP contribution in [0.3, 0.4) is 0 Å². The van der Waals surface area contributed by atoms with Gasteiger partial charge in [-0.05, 0) is 62.3 Å². The third kappa shape index (κ3) is 4.82. The maximum Gasteiger partial charge on any atom is 0.271 e. The summed E-state index contributed by atoms with van der Waals surface area (Å²) in [5, 5.41) is 10.7. The zero-order chi connectivity index (χ0) is 21.2. The van der Waals surface area contributed by atoms with E-state index in [-0.39, 0.29) is 4.21 Å². The molecule has 29 heavy (non-hydrogen) atoms. The molecular weight excluding hydrogens is 430 g/mol. The fraction of sp³-hybridized carbons (Fsp3) is 0.250. The molecule has 0 fully saturated rings. The fourth-order valence-electron chi connectivity index (χ4n) is 2.76. The Morgan fingerprint density at radius 1 is 1.24 bits per heavy atom. The van der Waals surface area contributed by atoms with Crippen molar-refractivity contribution in [1.82, 2.24) is 4.90 Å². The summed E-state index contributed by atoms with van der Waals surface area (Å²) >= 11 is 7.24. The first-order valence-corrected chi connectivity index (χ1v) is 11.4. The van der Waals surface area contributed by atoms with Crippen LogP contribution >= 0.6 is 22.9 Å². The third-order valence-electron chi connectivity index (χ3n) is 4.25. The van der Waals surface area contributed by atoms with E-state index >= 15 is 0 Å². The molecule has 2 aromatic carbocycles. The number of hydrogen-bond acceptors (Lipinski definition) is 6. The summed E-state index contributed by atoms with van der Waals surface area (Å²) in [5.74, 6) is 0.342. The van der Waals surface area contributed by atoms with Gasteiger partial charge in [0.25, 0.3) is 10.0 Å². The SMILES string of the molecule is Cc1c(S(=O)(=O)Nc2ccc(C#N)c(OCCN(C)C)c2)sc2ccc(Cl)cc12. The van der Waals surface area contributed by atoms with Crippen molar-refractivity contribution < 1.29 is 13.2 Å². The monoisotopic (exact) mass is 449 g/mol. The second-order valence-corrected chi connectivity index (χ2v) is 10.1. The molecular formula is C20H20ClN3O3S2. The van der Waals surface area contributed by atoms with Gasteiger partial charge >= 0.3 is 0 Å². The smallest absolute Gasteiger partial charge is 0.271 e. The number of anilines is 1. The first-order chi connectivity index (χ1) is 13.7.